The Morgan fingerprint density at radius 1 is 1.47 bits per heavy atom. The van der Waals surface area contributed by atoms with Crippen LogP contribution in [0.3, 0.4) is 0 Å². The predicted octanol–water partition coefficient (Wildman–Crippen LogP) is 1.19. The van der Waals surface area contributed by atoms with E-state index in [1.54, 1.807) is 16.0 Å². The highest BCUT2D eigenvalue weighted by atomic mass is 32.1. The average Bonchev–Trinajstić information content (AvgIpc) is 2.93. The molecule has 7 heteroatoms. The van der Waals surface area contributed by atoms with Crippen LogP contribution in [0.2, 0.25) is 0 Å². The van der Waals surface area contributed by atoms with Crippen LogP contribution in [0.1, 0.15) is 34.2 Å². The summed E-state index contributed by atoms with van der Waals surface area (Å²) >= 11 is 1.72. The van der Waals surface area contributed by atoms with Gasteiger partial charge in [-0.05, 0) is 20.8 Å². The molecule has 0 amide bonds. The highest BCUT2D eigenvalue weighted by Crippen LogP contribution is 2.24. The van der Waals surface area contributed by atoms with Crippen LogP contribution in [-0.4, -0.2) is 31.7 Å². The summed E-state index contributed by atoms with van der Waals surface area (Å²) in [6.07, 6.45) is 1.85. The second kappa shape index (κ2) is 6.23. The van der Waals surface area contributed by atoms with E-state index in [0.717, 1.165) is 16.4 Å². The van der Waals surface area contributed by atoms with Crippen molar-refractivity contribution in [3.8, 4) is 0 Å². The molecule has 0 radical (unpaired) electrons. The number of nitrogens with one attached hydrogen (secondary N) is 1. The van der Waals surface area contributed by atoms with Crippen LogP contribution in [0.5, 0.6) is 0 Å². The Balaban J connectivity index is 1.92. The van der Waals surface area contributed by atoms with Crippen LogP contribution in [0.15, 0.2) is 6.20 Å². The summed E-state index contributed by atoms with van der Waals surface area (Å²) in [6, 6.07) is 0.245. The lowest BCUT2D eigenvalue weighted by Crippen LogP contribution is -2.18. The van der Waals surface area contributed by atoms with Crippen molar-refractivity contribution in [3.63, 3.8) is 0 Å². The van der Waals surface area contributed by atoms with E-state index in [9.17, 15) is 0 Å². The Labute approximate surface area is 116 Å². The molecule has 0 aliphatic carbocycles. The summed E-state index contributed by atoms with van der Waals surface area (Å²) in [7, 11) is 0. The Kier molecular flexibility index (Phi) is 4.62. The normalized spacial score (nSPS) is 12.8. The number of thiazole rings is 1. The topological polar surface area (TPSA) is 75.9 Å². The minimum atomic E-state index is 0.0754. The summed E-state index contributed by atoms with van der Waals surface area (Å²) in [5.74, 6) is 0. The van der Waals surface area contributed by atoms with E-state index in [1.165, 1.54) is 4.88 Å². The van der Waals surface area contributed by atoms with Gasteiger partial charge in [0.2, 0.25) is 0 Å². The molecule has 2 heterocycles. The van der Waals surface area contributed by atoms with E-state index < -0.39 is 0 Å². The van der Waals surface area contributed by atoms with Gasteiger partial charge in [0.05, 0.1) is 29.5 Å². The lowest BCUT2D eigenvalue weighted by molar-refractivity contribution is 0.268. The number of aliphatic hydroxyl groups is 1. The molecule has 0 saturated carbocycles. The Morgan fingerprint density at radius 2 is 2.26 bits per heavy atom. The highest BCUT2D eigenvalue weighted by molar-refractivity contribution is 7.11. The number of aliphatic hydroxyl groups excluding tert-OH is 1. The molecule has 0 aromatic carbocycles. The van der Waals surface area contributed by atoms with Gasteiger partial charge in [-0.15, -0.1) is 16.4 Å². The molecule has 2 N–H and O–H groups in total. The van der Waals surface area contributed by atoms with Crippen LogP contribution in [0.25, 0.3) is 0 Å². The fraction of sp³-hybridized carbons (Fsp3) is 0.583. The summed E-state index contributed by atoms with van der Waals surface area (Å²) in [5, 5.41) is 21.3. The van der Waals surface area contributed by atoms with Crippen molar-refractivity contribution in [2.45, 2.75) is 39.9 Å². The van der Waals surface area contributed by atoms with Crippen molar-refractivity contribution in [1.82, 2.24) is 25.3 Å². The van der Waals surface area contributed by atoms with Crippen molar-refractivity contribution in [2.75, 3.05) is 6.61 Å². The predicted molar refractivity (Wildman–Crippen MR) is 74.0 cm³/mol. The summed E-state index contributed by atoms with van der Waals surface area (Å²) < 4.78 is 1.64. The van der Waals surface area contributed by atoms with E-state index in [0.29, 0.717) is 13.1 Å². The van der Waals surface area contributed by atoms with Crippen molar-refractivity contribution < 1.29 is 5.11 Å². The standard InChI is InChI=1S/C12H19N5OS/c1-8(12-9(2)14-10(3)19-12)13-6-11-7-17(4-5-18)16-15-11/h7-8,13,18H,4-6H2,1-3H3. The molecule has 104 valence electrons. The fourth-order valence-corrected chi connectivity index (χ4v) is 2.88. The van der Waals surface area contributed by atoms with Crippen LogP contribution >= 0.6 is 11.3 Å². The number of hydrogen-bond donors (Lipinski definition) is 2. The lowest BCUT2D eigenvalue weighted by atomic mass is 10.2. The first-order valence-corrected chi connectivity index (χ1v) is 7.09. The zero-order chi connectivity index (χ0) is 13.8. The molecule has 2 aromatic rings. The third-order valence-electron chi connectivity index (χ3n) is 2.84. The molecule has 19 heavy (non-hydrogen) atoms. The first-order valence-electron chi connectivity index (χ1n) is 6.27. The van der Waals surface area contributed by atoms with Gasteiger partial charge in [0.15, 0.2) is 0 Å². The summed E-state index contributed by atoms with van der Waals surface area (Å²) in [4.78, 5) is 5.70. The minimum absolute atomic E-state index is 0.0754. The van der Waals surface area contributed by atoms with Gasteiger partial charge in [-0.3, -0.25) is 0 Å². The molecule has 0 bridgehead atoms. The molecular formula is C12H19N5OS. The molecule has 1 atom stereocenters. The van der Waals surface area contributed by atoms with Crippen molar-refractivity contribution >= 4 is 11.3 Å². The zero-order valence-electron chi connectivity index (χ0n) is 11.4. The SMILES string of the molecule is Cc1nc(C)c(C(C)NCc2cn(CCO)nn2)s1. The first-order chi connectivity index (χ1) is 9.10. The van der Waals surface area contributed by atoms with Crippen molar-refractivity contribution in [1.29, 1.82) is 0 Å². The molecule has 0 spiro atoms. The first kappa shape index (κ1) is 14.1. The van der Waals surface area contributed by atoms with E-state index in [4.69, 9.17) is 5.11 Å². The van der Waals surface area contributed by atoms with Gasteiger partial charge in [-0.2, -0.15) is 0 Å². The molecule has 2 aromatic heterocycles. The van der Waals surface area contributed by atoms with Gasteiger partial charge >= 0.3 is 0 Å². The number of aromatic nitrogens is 4. The van der Waals surface area contributed by atoms with Crippen LogP contribution in [0, 0.1) is 13.8 Å². The maximum Gasteiger partial charge on any atom is 0.0965 e. The Hall–Kier alpha value is -1.31. The molecule has 0 fully saturated rings. The Bertz CT molecular complexity index is 536. The Morgan fingerprint density at radius 3 is 2.89 bits per heavy atom. The monoisotopic (exact) mass is 281 g/mol. The minimum Gasteiger partial charge on any atom is -0.394 e. The van der Waals surface area contributed by atoms with E-state index >= 15 is 0 Å². The zero-order valence-corrected chi connectivity index (χ0v) is 12.2. The molecular weight excluding hydrogens is 262 g/mol. The summed E-state index contributed by atoms with van der Waals surface area (Å²) in [6.45, 7) is 7.39. The second-order valence-electron chi connectivity index (χ2n) is 4.48. The van der Waals surface area contributed by atoms with E-state index in [2.05, 4.69) is 27.5 Å². The van der Waals surface area contributed by atoms with Crippen LogP contribution in [-0.2, 0) is 13.1 Å². The molecule has 6 nitrogen and oxygen atoms in total. The quantitative estimate of drug-likeness (QED) is 0.832. The van der Waals surface area contributed by atoms with Gasteiger partial charge in [-0.25, -0.2) is 9.67 Å². The molecule has 0 aliphatic heterocycles. The summed E-state index contributed by atoms with van der Waals surface area (Å²) in [5.41, 5.74) is 1.96. The maximum absolute atomic E-state index is 8.82. The van der Waals surface area contributed by atoms with Gasteiger partial charge in [-0.1, -0.05) is 5.21 Å². The smallest absolute Gasteiger partial charge is 0.0965 e. The van der Waals surface area contributed by atoms with E-state index in [-0.39, 0.29) is 12.6 Å². The highest BCUT2D eigenvalue weighted by Gasteiger charge is 2.13. The molecule has 0 aliphatic rings. The average molecular weight is 281 g/mol. The maximum atomic E-state index is 8.82. The number of aryl methyl sites for hydroxylation is 2. The number of nitrogens with zero attached hydrogens (tertiary/aromatic N) is 4. The lowest BCUT2D eigenvalue weighted by Gasteiger charge is -2.11. The van der Waals surface area contributed by atoms with Crippen molar-refractivity contribution in [2.24, 2.45) is 0 Å². The van der Waals surface area contributed by atoms with Gasteiger partial charge in [0.1, 0.15) is 0 Å². The second-order valence-corrected chi connectivity index (χ2v) is 5.72. The van der Waals surface area contributed by atoms with Crippen LogP contribution < -0.4 is 5.32 Å². The third kappa shape index (κ3) is 3.59. The van der Waals surface area contributed by atoms with Crippen molar-refractivity contribution in [3.05, 3.63) is 27.5 Å². The third-order valence-corrected chi connectivity index (χ3v) is 4.09. The van der Waals surface area contributed by atoms with E-state index in [1.807, 2.05) is 20.0 Å². The number of hydrogen-bond acceptors (Lipinski definition) is 6. The largest absolute Gasteiger partial charge is 0.394 e. The van der Waals surface area contributed by atoms with Gasteiger partial charge < -0.3 is 10.4 Å². The molecule has 1 unspecified atom stereocenters. The molecule has 0 saturated heterocycles. The van der Waals surface area contributed by atoms with Crippen LogP contribution in [0.4, 0.5) is 0 Å². The fourth-order valence-electron chi connectivity index (χ4n) is 1.93. The van der Waals surface area contributed by atoms with Gasteiger partial charge in [0.25, 0.3) is 0 Å². The van der Waals surface area contributed by atoms with Gasteiger partial charge in [0, 0.05) is 23.7 Å². The number of rotatable bonds is 6. The molecule has 2 rings (SSSR count).